The Labute approximate surface area is 142 Å². The molecule has 0 aliphatic rings. The number of rotatable bonds is 6. The number of carbonyl (C=O) groups is 2. The molecule has 0 bridgehead atoms. The van der Waals surface area contributed by atoms with Gasteiger partial charge in [-0.05, 0) is 39.8 Å². The van der Waals surface area contributed by atoms with Gasteiger partial charge >= 0.3 is 6.09 Å². The van der Waals surface area contributed by atoms with Crippen molar-refractivity contribution < 1.29 is 23.4 Å². The van der Waals surface area contributed by atoms with Crippen LogP contribution >= 0.6 is 7.37 Å². The fraction of sp³-hybridized carbons (Fsp3) is 0.500. The Morgan fingerprint density at radius 2 is 1.67 bits per heavy atom. The predicted molar refractivity (Wildman–Crippen MR) is 95.0 cm³/mol. The van der Waals surface area contributed by atoms with E-state index in [-0.39, 0.29) is 12.8 Å². The molecule has 1 atom stereocenters. The molecule has 2 N–H and O–H groups in total. The maximum atomic E-state index is 12.1. The molecule has 0 fully saturated rings. The number of anilines is 2. The summed E-state index contributed by atoms with van der Waals surface area (Å²) < 4.78 is 22.3. The van der Waals surface area contributed by atoms with Crippen molar-refractivity contribution >= 4 is 30.7 Å². The molecule has 0 saturated heterocycles. The van der Waals surface area contributed by atoms with Gasteiger partial charge in [-0.2, -0.15) is 0 Å². The molecule has 8 heteroatoms. The van der Waals surface area contributed by atoms with Crippen molar-refractivity contribution in [3.05, 3.63) is 24.3 Å². The molecular formula is C16H25N2O5P. The number of para-hydroxylation sites is 2. The number of ether oxygens (including phenoxy) is 1. The van der Waals surface area contributed by atoms with E-state index in [0.29, 0.717) is 11.4 Å². The highest BCUT2D eigenvalue weighted by atomic mass is 31.2. The largest absolute Gasteiger partial charge is 0.444 e. The van der Waals surface area contributed by atoms with E-state index in [1.807, 2.05) is 0 Å². The lowest BCUT2D eigenvalue weighted by Gasteiger charge is -2.20. The smallest absolute Gasteiger partial charge is 0.412 e. The summed E-state index contributed by atoms with van der Waals surface area (Å²) in [6.45, 7) is 8.68. The third kappa shape index (κ3) is 7.62. The second-order valence-electron chi connectivity index (χ2n) is 6.31. The van der Waals surface area contributed by atoms with Crippen LogP contribution in [0.1, 0.15) is 27.7 Å². The topological polar surface area (TPSA) is 93.7 Å². The molecule has 0 saturated carbocycles. The van der Waals surface area contributed by atoms with Crippen molar-refractivity contribution in [3.63, 3.8) is 0 Å². The number of hydrogen-bond acceptors (Lipinski definition) is 5. The van der Waals surface area contributed by atoms with Crippen molar-refractivity contribution in [1.29, 1.82) is 0 Å². The fourth-order valence-corrected chi connectivity index (χ4v) is 3.12. The van der Waals surface area contributed by atoms with E-state index in [9.17, 15) is 14.2 Å². The summed E-state index contributed by atoms with van der Waals surface area (Å²) in [4.78, 5) is 23.9. The van der Waals surface area contributed by atoms with Crippen LogP contribution in [0.15, 0.2) is 24.3 Å². The van der Waals surface area contributed by atoms with Gasteiger partial charge in [-0.15, -0.1) is 0 Å². The molecule has 0 aliphatic carbocycles. The Morgan fingerprint density at radius 1 is 1.12 bits per heavy atom. The van der Waals surface area contributed by atoms with Crippen molar-refractivity contribution in [2.75, 3.05) is 30.1 Å². The third-order valence-electron chi connectivity index (χ3n) is 2.67. The van der Waals surface area contributed by atoms with Crippen molar-refractivity contribution in [3.8, 4) is 0 Å². The average Bonchev–Trinajstić information content (AvgIpc) is 2.37. The fourth-order valence-electron chi connectivity index (χ4n) is 1.88. The maximum Gasteiger partial charge on any atom is 0.412 e. The lowest BCUT2D eigenvalue weighted by Crippen LogP contribution is -2.27. The molecule has 0 aliphatic heterocycles. The van der Waals surface area contributed by atoms with Crippen LogP contribution in [0.25, 0.3) is 0 Å². The summed E-state index contributed by atoms with van der Waals surface area (Å²) in [5.41, 5.74) is 0.154. The van der Waals surface area contributed by atoms with Crippen LogP contribution in [0.2, 0.25) is 0 Å². The molecule has 0 heterocycles. The average molecular weight is 356 g/mol. The Hall–Kier alpha value is -1.85. The number of carbonyl (C=O) groups excluding carboxylic acids is 2. The molecule has 2 amide bonds. The Kier molecular flexibility index (Phi) is 6.99. The molecule has 7 nitrogen and oxygen atoms in total. The third-order valence-corrected chi connectivity index (χ3v) is 4.34. The van der Waals surface area contributed by atoms with E-state index in [1.54, 1.807) is 52.0 Å². The van der Waals surface area contributed by atoms with E-state index < -0.39 is 25.0 Å². The first-order chi connectivity index (χ1) is 11.0. The zero-order chi connectivity index (χ0) is 18.4. The lowest BCUT2D eigenvalue weighted by molar-refractivity contribution is -0.114. The van der Waals surface area contributed by atoms with E-state index in [4.69, 9.17) is 9.26 Å². The number of benzene rings is 1. The molecule has 1 aromatic rings. The van der Waals surface area contributed by atoms with E-state index in [2.05, 4.69) is 10.6 Å². The van der Waals surface area contributed by atoms with Gasteiger partial charge in [-0.25, -0.2) is 4.79 Å². The molecule has 1 unspecified atom stereocenters. The van der Waals surface area contributed by atoms with Crippen molar-refractivity contribution in [1.82, 2.24) is 0 Å². The van der Waals surface area contributed by atoms with E-state index in [0.717, 1.165) is 0 Å². The van der Waals surface area contributed by atoms with E-state index >= 15 is 0 Å². The Balaban J connectivity index is 2.78. The van der Waals surface area contributed by atoms with Gasteiger partial charge in [0.05, 0.1) is 18.0 Å². The number of amides is 2. The zero-order valence-corrected chi connectivity index (χ0v) is 15.6. The minimum Gasteiger partial charge on any atom is -0.444 e. The molecule has 0 aromatic heterocycles. The highest BCUT2D eigenvalue weighted by Crippen LogP contribution is 2.42. The molecule has 0 radical (unpaired) electrons. The Morgan fingerprint density at radius 3 is 2.17 bits per heavy atom. The van der Waals surface area contributed by atoms with Gasteiger partial charge < -0.3 is 14.6 Å². The summed E-state index contributed by atoms with van der Waals surface area (Å²) in [5.74, 6) is -0.451. The molecule has 134 valence electrons. The van der Waals surface area contributed by atoms with Crippen LogP contribution in [-0.2, 0) is 18.6 Å². The van der Waals surface area contributed by atoms with Crippen LogP contribution in [0.3, 0.4) is 0 Å². The molecule has 1 rings (SSSR count). The normalized spacial score (nSPS) is 13.7. The van der Waals surface area contributed by atoms with Gasteiger partial charge in [0.2, 0.25) is 13.3 Å². The summed E-state index contributed by atoms with van der Waals surface area (Å²) in [5, 5.41) is 5.22. The van der Waals surface area contributed by atoms with Gasteiger partial charge in [0.1, 0.15) is 11.8 Å². The van der Waals surface area contributed by atoms with Crippen LogP contribution in [0.4, 0.5) is 16.2 Å². The van der Waals surface area contributed by atoms with Crippen molar-refractivity contribution in [2.45, 2.75) is 33.3 Å². The molecular weight excluding hydrogens is 331 g/mol. The summed E-state index contributed by atoms with van der Waals surface area (Å²) >= 11 is 0. The second-order valence-corrected chi connectivity index (χ2v) is 8.91. The summed E-state index contributed by atoms with van der Waals surface area (Å²) in [7, 11) is -2.98. The molecule has 1 aromatic carbocycles. The van der Waals surface area contributed by atoms with Crippen molar-refractivity contribution in [2.24, 2.45) is 0 Å². The van der Waals surface area contributed by atoms with Gasteiger partial charge in [-0.3, -0.25) is 14.7 Å². The minimum absolute atomic E-state index is 0.235. The van der Waals surface area contributed by atoms with Crippen LogP contribution in [0.5, 0.6) is 0 Å². The molecule has 24 heavy (non-hydrogen) atoms. The monoisotopic (exact) mass is 356 g/mol. The first-order valence-electron chi connectivity index (χ1n) is 7.62. The maximum absolute atomic E-state index is 12.1. The summed E-state index contributed by atoms with van der Waals surface area (Å²) in [6.07, 6.45) is -0.860. The molecule has 0 spiro atoms. The van der Waals surface area contributed by atoms with Gasteiger partial charge in [0, 0.05) is 6.66 Å². The van der Waals surface area contributed by atoms with Crippen LogP contribution in [0, 0.1) is 0 Å². The highest BCUT2D eigenvalue weighted by Gasteiger charge is 2.21. The lowest BCUT2D eigenvalue weighted by atomic mass is 10.2. The highest BCUT2D eigenvalue weighted by molar-refractivity contribution is 7.59. The predicted octanol–water partition coefficient (Wildman–Crippen LogP) is 3.92. The quantitative estimate of drug-likeness (QED) is 0.754. The van der Waals surface area contributed by atoms with Gasteiger partial charge in [0.25, 0.3) is 0 Å². The first-order valence-corrected chi connectivity index (χ1v) is 9.88. The zero-order valence-electron chi connectivity index (χ0n) is 14.7. The van der Waals surface area contributed by atoms with Crippen LogP contribution < -0.4 is 10.6 Å². The standard InChI is InChI=1S/C16H25N2O5P/c1-6-22-24(5,21)11-14(19)17-12-9-7-8-10-13(12)18-15(20)23-16(2,3)4/h7-10H,6,11H2,1-5H3,(H,17,19)(H,18,20). The van der Waals surface area contributed by atoms with Gasteiger partial charge in [-0.1, -0.05) is 12.1 Å². The first kappa shape index (κ1) is 20.2. The second kappa shape index (κ2) is 8.31. The number of hydrogen-bond donors (Lipinski definition) is 2. The Bertz CT molecular complexity index is 640. The van der Waals surface area contributed by atoms with Gasteiger partial charge in [0.15, 0.2) is 0 Å². The minimum atomic E-state index is -2.98. The summed E-state index contributed by atoms with van der Waals surface area (Å²) in [6, 6.07) is 6.69. The van der Waals surface area contributed by atoms with E-state index in [1.165, 1.54) is 6.66 Å². The van der Waals surface area contributed by atoms with Crippen LogP contribution in [-0.4, -0.2) is 37.0 Å². The number of nitrogens with one attached hydrogen (secondary N) is 2. The SMILES string of the molecule is CCOP(C)(=O)CC(=O)Nc1ccccc1NC(=O)OC(C)(C)C.